The number of benzene rings is 1. The van der Waals surface area contributed by atoms with E-state index in [2.05, 4.69) is 48.0 Å². The molecule has 1 unspecified atom stereocenters. The van der Waals surface area contributed by atoms with Crippen LogP contribution in [0.2, 0.25) is 0 Å². The third-order valence-electron chi connectivity index (χ3n) is 4.69. The molecule has 2 aromatic rings. The third-order valence-corrected chi connectivity index (χ3v) is 4.69. The first kappa shape index (κ1) is 18.6. The van der Waals surface area contributed by atoms with Gasteiger partial charge in [0.05, 0.1) is 6.04 Å². The molecule has 2 N–H and O–H groups in total. The Morgan fingerprint density at radius 2 is 1.88 bits per heavy atom. The molecule has 1 aliphatic heterocycles. The Labute approximate surface area is 155 Å². The van der Waals surface area contributed by atoms with Gasteiger partial charge in [0.15, 0.2) is 5.69 Å². The SMILES string of the molecule is CC(C)CC(N)c1nc(C(=O)N2CCN(Cc3ccccc3)CC2)co1. The first-order valence-electron chi connectivity index (χ1n) is 9.29. The predicted octanol–water partition coefficient (Wildman–Crippen LogP) is 2.68. The van der Waals surface area contributed by atoms with Crippen molar-refractivity contribution in [3.05, 3.63) is 53.7 Å². The first-order chi connectivity index (χ1) is 12.5. The molecule has 1 amide bonds. The van der Waals surface area contributed by atoms with E-state index in [-0.39, 0.29) is 11.9 Å². The lowest BCUT2D eigenvalue weighted by molar-refractivity contribution is 0.0622. The summed E-state index contributed by atoms with van der Waals surface area (Å²) in [5.41, 5.74) is 7.75. The van der Waals surface area contributed by atoms with Crippen LogP contribution in [0.25, 0.3) is 0 Å². The number of nitrogens with two attached hydrogens (primary N) is 1. The molecule has 0 bridgehead atoms. The monoisotopic (exact) mass is 356 g/mol. The Bertz CT molecular complexity index is 706. The van der Waals surface area contributed by atoms with Crippen molar-refractivity contribution >= 4 is 5.91 Å². The van der Waals surface area contributed by atoms with E-state index in [4.69, 9.17) is 10.2 Å². The van der Waals surface area contributed by atoms with Crippen LogP contribution in [0, 0.1) is 5.92 Å². The highest BCUT2D eigenvalue weighted by atomic mass is 16.3. The van der Waals surface area contributed by atoms with E-state index in [0.29, 0.717) is 30.6 Å². The van der Waals surface area contributed by atoms with Gasteiger partial charge in [0.2, 0.25) is 5.89 Å². The number of hydrogen-bond acceptors (Lipinski definition) is 5. The summed E-state index contributed by atoms with van der Waals surface area (Å²) in [4.78, 5) is 21.2. The molecule has 1 aromatic carbocycles. The fourth-order valence-electron chi connectivity index (χ4n) is 3.28. The maximum Gasteiger partial charge on any atom is 0.275 e. The fraction of sp³-hybridized carbons (Fsp3) is 0.500. The molecule has 1 aromatic heterocycles. The van der Waals surface area contributed by atoms with Gasteiger partial charge in [-0.3, -0.25) is 9.69 Å². The summed E-state index contributed by atoms with van der Waals surface area (Å²) in [5.74, 6) is 0.828. The van der Waals surface area contributed by atoms with Gasteiger partial charge in [0.1, 0.15) is 6.26 Å². The number of oxazole rings is 1. The van der Waals surface area contributed by atoms with Gasteiger partial charge in [0.25, 0.3) is 5.91 Å². The number of hydrogen-bond donors (Lipinski definition) is 1. The molecule has 0 aliphatic carbocycles. The van der Waals surface area contributed by atoms with E-state index in [9.17, 15) is 4.79 Å². The summed E-state index contributed by atoms with van der Waals surface area (Å²) in [6.45, 7) is 8.24. The van der Waals surface area contributed by atoms with Gasteiger partial charge < -0.3 is 15.1 Å². The fourth-order valence-corrected chi connectivity index (χ4v) is 3.28. The topological polar surface area (TPSA) is 75.6 Å². The number of carbonyl (C=O) groups excluding carboxylic acids is 1. The van der Waals surface area contributed by atoms with Gasteiger partial charge >= 0.3 is 0 Å². The van der Waals surface area contributed by atoms with Gasteiger partial charge in [0, 0.05) is 32.7 Å². The van der Waals surface area contributed by atoms with Crippen LogP contribution in [0.1, 0.15) is 48.3 Å². The summed E-state index contributed by atoms with van der Waals surface area (Å²) < 4.78 is 5.45. The summed E-state index contributed by atoms with van der Waals surface area (Å²) in [5, 5.41) is 0. The van der Waals surface area contributed by atoms with Crippen molar-refractivity contribution in [2.45, 2.75) is 32.9 Å². The Hall–Kier alpha value is -2.18. The van der Waals surface area contributed by atoms with Gasteiger partial charge in [-0.1, -0.05) is 44.2 Å². The summed E-state index contributed by atoms with van der Waals surface area (Å²) in [6, 6.07) is 10.1. The molecular formula is C20H28N4O2. The van der Waals surface area contributed by atoms with E-state index in [1.165, 1.54) is 11.8 Å². The first-order valence-corrected chi connectivity index (χ1v) is 9.29. The molecule has 6 heteroatoms. The number of aromatic nitrogens is 1. The molecule has 140 valence electrons. The van der Waals surface area contributed by atoms with Crippen molar-refractivity contribution in [2.24, 2.45) is 11.7 Å². The van der Waals surface area contributed by atoms with E-state index in [0.717, 1.165) is 26.1 Å². The Balaban J connectivity index is 1.53. The summed E-state index contributed by atoms with van der Waals surface area (Å²) in [6.07, 6.45) is 2.22. The van der Waals surface area contributed by atoms with Crippen LogP contribution in [0.4, 0.5) is 0 Å². The molecule has 6 nitrogen and oxygen atoms in total. The Morgan fingerprint density at radius 3 is 2.54 bits per heavy atom. The quantitative estimate of drug-likeness (QED) is 0.861. The maximum atomic E-state index is 12.7. The van der Waals surface area contributed by atoms with Gasteiger partial charge in [-0.15, -0.1) is 0 Å². The van der Waals surface area contributed by atoms with Crippen molar-refractivity contribution in [2.75, 3.05) is 26.2 Å². The van der Waals surface area contributed by atoms with Crippen LogP contribution < -0.4 is 5.73 Å². The number of amides is 1. The number of carbonyl (C=O) groups is 1. The zero-order chi connectivity index (χ0) is 18.5. The molecule has 0 radical (unpaired) electrons. The van der Waals surface area contributed by atoms with E-state index in [1.54, 1.807) is 0 Å². The lowest BCUT2D eigenvalue weighted by atomic mass is 10.0. The molecule has 0 spiro atoms. The highest BCUT2D eigenvalue weighted by molar-refractivity contribution is 5.92. The van der Waals surface area contributed by atoms with Gasteiger partial charge in [-0.2, -0.15) is 0 Å². The molecule has 3 rings (SSSR count). The minimum atomic E-state index is -0.265. The highest BCUT2D eigenvalue weighted by Crippen LogP contribution is 2.19. The molecule has 26 heavy (non-hydrogen) atoms. The smallest absolute Gasteiger partial charge is 0.275 e. The van der Waals surface area contributed by atoms with Gasteiger partial charge in [-0.05, 0) is 17.9 Å². The van der Waals surface area contributed by atoms with Gasteiger partial charge in [-0.25, -0.2) is 4.98 Å². The normalized spacial score (nSPS) is 16.8. The van der Waals surface area contributed by atoms with E-state index >= 15 is 0 Å². The van der Waals surface area contributed by atoms with Crippen LogP contribution in [0.5, 0.6) is 0 Å². The average Bonchev–Trinajstić information content (AvgIpc) is 3.12. The maximum absolute atomic E-state index is 12.7. The second-order valence-electron chi connectivity index (χ2n) is 7.36. The number of rotatable bonds is 6. The Morgan fingerprint density at radius 1 is 1.19 bits per heavy atom. The van der Waals surface area contributed by atoms with Crippen LogP contribution in [0.15, 0.2) is 41.0 Å². The molecule has 1 atom stereocenters. The van der Waals surface area contributed by atoms with E-state index in [1.807, 2.05) is 11.0 Å². The summed E-state index contributed by atoms with van der Waals surface area (Å²) in [7, 11) is 0. The van der Waals surface area contributed by atoms with Crippen molar-refractivity contribution < 1.29 is 9.21 Å². The Kier molecular flexibility index (Phi) is 6.06. The number of piperazine rings is 1. The minimum Gasteiger partial charge on any atom is -0.446 e. The molecule has 2 heterocycles. The molecule has 1 saturated heterocycles. The predicted molar refractivity (Wildman–Crippen MR) is 101 cm³/mol. The van der Waals surface area contributed by atoms with Crippen molar-refractivity contribution in [3.8, 4) is 0 Å². The molecule has 1 fully saturated rings. The second kappa shape index (κ2) is 8.47. The highest BCUT2D eigenvalue weighted by Gasteiger charge is 2.25. The summed E-state index contributed by atoms with van der Waals surface area (Å²) >= 11 is 0. The number of nitrogens with zero attached hydrogens (tertiary/aromatic N) is 3. The minimum absolute atomic E-state index is 0.0730. The van der Waals surface area contributed by atoms with Crippen molar-refractivity contribution in [3.63, 3.8) is 0 Å². The standard InChI is InChI=1S/C20H28N4O2/c1-15(2)12-17(21)19-22-18(14-26-19)20(25)24-10-8-23(9-11-24)13-16-6-4-3-5-7-16/h3-7,14-15,17H,8-13,21H2,1-2H3. The molecule has 1 aliphatic rings. The average molecular weight is 356 g/mol. The van der Waals surface area contributed by atoms with Crippen LogP contribution in [-0.2, 0) is 6.54 Å². The second-order valence-corrected chi connectivity index (χ2v) is 7.36. The zero-order valence-corrected chi connectivity index (χ0v) is 15.6. The zero-order valence-electron chi connectivity index (χ0n) is 15.6. The van der Waals surface area contributed by atoms with Crippen LogP contribution in [0.3, 0.4) is 0 Å². The van der Waals surface area contributed by atoms with E-state index < -0.39 is 0 Å². The third kappa shape index (κ3) is 4.71. The van der Waals surface area contributed by atoms with Crippen molar-refractivity contribution in [1.82, 2.24) is 14.8 Å². The van der Waals surface area contributed by atoms with Crippen LogP contribution >= 0.6 is 0 Å². The molecule has 0 saturated carbocycles. The van der Waals surface area contributed by atoms with Crippen molar-refractivity contribution in [1.29, 1.82) is 0 Å². The largest absolute Gasteiger partial charge is 0.446 e. The molecular weight excluding hydrogens is 328 g/mol. The lowest BCUT2D eigenvalue weighted by Gasteiger charge is -2.34. The lowest BCUT2D eigenvalue weighted by Crippen LogP contribution is -2.48. The van der Waals surface area contributed by atoms with Crippen LogP contribution in [-0.4, -0.2) is 46.9 Å².